The van der Waals surface area contributed by atoms with Crippen LogP contribution in [0.2, 0.25) is 0 Å². The van der Waals surface area contributed by atoms with Crippen LogP contribution in [0.4, 0.5) is 4.39 Å². The second-order valence-electron chi connectivity index (χ2n) is 3.42. The molecule has 0 aliphatic rings. The minimum Gasteiger partial charge on any atom is -0.271 e. The van der Waals surface area contributed by atoms with Gasteiger partial charge < -0.3 is 0 Å². The first-order valence-electron chi connectivity index (χ1n) is 4.85. The molecule has 0 aliphatic heterocycles. The molecule has 84 valence electrons. The van der Waals surface area contributed by atoms with Crippen LogP contribution in [0.25, 0.3) is 0 Å². The van der Waals surface area contributed by atoms with E-state index in [1.54, 1.807) is 6.07 Å². The summed E-state index contributed by atoms with van der Waals surface area (Å²) in [7, 11) is 0. The molecule has 1 aromatic heterocycles. The van der Waals surface area contributed by atoms with Gasteiger partial charge in [-0.05, 0) is 24.1 Å². The van der Waals surface area contributed by atoms with Gasteiger partial charge in [0.15, 0.2) is 0 Å². The molecule has 0 saturated heterocycles. The van der Waals surface area contributed by atoms with Gasteiger partial charge in [0, 0.05) is 0 Å². The number of benzene rings is 1. The van der Waals surface area contributed by atoms with Crippen LogP contribution in [0.3, 0.4) is 0 Å². The van der Waals surface area contributed by atoms with Gasteiger partial charge in [-0.25, -0.2) is 14.8 Å². The summed E-state index contributed by atoms with van der Waals surface area (Å²) in [6, 6.07) is 6.18. The van der Waals surface area contributed by atoms with Crippen molar-refractivity contribution in [1.29, 1.82) is 0 Å². The van der Waals surface area contributed by atoms with Crippen LogP contribution in [0, 0.1) is 5.82 Å². The standard InChI is InChI=1S/C10H12FN5/c11-8-3-1-2-7(4-8)5-9(15-12)10-13-6-14-16-10/h1-4,6,9,15H,5,12H2,(H,13,14,16). The smallest absolute Gasteiger partial charge is 0.143 e. The first-order chi connectivity index (χ1) is 7.79. The Morgan fingerprint density at radius 2 is 2.38 bits per heavy atom. The zero-order chi connectivity index (χ0) is 11.4. The molecular formula is C10H12FN5. The summed E-state index contributed by atoms with van der Waals surface area (Å²) in [6.45, 7) is 0. The van der Waals surface area contributed by atoms with E-state index in [1.807, 2.05) is 6.07 Å². The van der Waals surface area contributed by atoms with E-state index in [2.05, 4.69) is 20.6 Å². The van der Waals surface area contributed by atoms with Crippen LogP contribution in [0.15, 0.2) is 30.6 Å². The van der Waals surface area contributed by atoms with E-state index in [9.17, 15) is 4.39 Å². The number of nitrogens with two attached hydrogens (primary N) is 1. The van der Waals surface area contributed by atoms with Gasteiger partial charge in [-0.1, -0.05) is 12.1 Å². The van der Waals surface area contributed by atoms with Gasteiger partial charge in [-0.2, -0.15) is 5.10 Å². The Kier molecular flexibility index (Phi) is 3.23. The first-order valence-corrected chi connectivity index (χ1v) is 4.85. The lowest BCUT2D eigenvalue weighted by molar-refractivity contribution is 0.522. The molecule has 0 fully saturated rings. The number of hydrazine groups is 1. The maximum Gasteiger partial charge on any atom is 0.143 e. The second kappa shape index (κ2) is 4.82. The molecule has 0 bridgehead atoms. The van der Waals surface area contributed by atoms with E-state index >= 15 is 0 Å². The van der Waals surface area contributed by atoms with Gasteiger partial charge in [0.2, 0.25) is 0 Å². The number of nitrogens with zero attached hydrogens (tertiary/aromatic N) is 2. The van der Waals surface area contributed by atoms with E-state index in [-0.39, 0.29) is 11.9 Å². The molecule has 2 aromatic rings. The first kappa shape index (κ1) is 10.7. The highest BCUT2D eigenvalue weighted by atomic mass is 19.1. The Morgan fingerprint density at radius 3 is 3.00 bits per heavy atom. The highest BCUT2D eigenvalue weighted by Gasteiger charge is 2.13. The lowest BCUT2D eigenvalue weighted by Gasteiger charge is -2.12. The average molecular weight is 221 g/mol. The van der Waals surface area contributed by atoms with E-state index in [0.29, 0.717) is 12.2 Å². The number of H-pyrrole nitrogens is 1. The van der Waals surface area contributed by atoms with Crippen molar-refractivity contribution < 1.29 is 4.39 Å². The topological polar surface area (TPSA) is 79.6 Å². The molecule has 5 nitrogen and oxygen atoms in total. The van der Waals surface area contributed by atoms with Gasteiger partial charge in [0.05, 0.1) is 6.04 Å². The van der Waals surface area contributed by atoms with Gasteiger partial charge in [0.1, 0.15) is 18.0 Å². The van der Waals surface area contributed by atoms with Crippen LogP contribution < -0.4 is 11.3 Å². The van der Waals surface area contributed by atoms with Crippen LogP contribution in [-0.4, -0.2) is 15.2 Å². The fourth-order valence-corrected chi connectivity index (χ4v) is 1.52. The van der Waals surface area contributed by atoms with Crippen molar-refractivity contribution in [2.75, 3.05) is 0 Å². The van der Waals surface area contributed by atoms with Gasteiger partial charge in [0.25, 0.3) is 0 Å². The van der Waals surface area contributed by atoms with Crippen LogP contribution in [0.5, 0.6) is 0 Å². The summed E-state index contributed by atoms with van der Waals surface area (Å²) >= 11 is 0. The van der Waals surface area contributed by atoms with Crippen LogP contribution in [-0.2, 0) is 6.42 Å². The van der Waals surface area contributed by atoms with Crippen molar-refractivity contribution in [3.63, 3.8) is 0 Å². The number of aromatic amines is 1. The zero-order valence-electron chi connectivity index (χ0n) is 8.52. The Bertz CT molecular complexity index is 442. The van der Waals surface area contributed by atoms with Crippen molar-refractivity contribution in [3.05, 3.63) is 47.8 Å². The molecule has 0 amide bonds. The van der Waals surface area contributed by atoms with Gasteiger partial charge in [-0.15, -0.1) is 0 Å². The molecule has 0 saturated carbocycles. The number of halogens is 1. The third-order valence-electron chi connectivity index (χ3n) is 2.29. The van der Waals surface area contributed by atoms with E-state index in [4.69, 9.17) is 5.84 Å². The minimum atomic E-state index is -0.258. The third-order valence-corrected chi connectivity index (χ3v) is 2.29. The SMILES string of the molecule is NNC(Cc1cccc(F)c1)c1ncn[nH]1. The molecule has 0 spiro atoms. The van der Waals surface area contributed by atoms with Crippen molar-refractivity contribution >= 4 is 0 Å². The Morgan fingerprint density at radius 1 is 1.50 bits per heavy atom. The molecule has 0 radical (unpaired) electrons. The summed E-state index contributed by atoms with van der Waals surface area (Å²) in [6.07, 6.45) is 1.95. The van der Waals surface area contributed by atoms with Gasteiger partial charge in [-0.3, -0.25) is 10.9 Å². The van der Waals surface area contributed by atoms with Crippen molar-refractivity contribution in [3.8, 4) is 0 Å². The van der Waals surface area contributed by atoms with Crippen molar-refractivity contribution in [1.82, 2.24) is 20.6 Å². The molecule has 1 unspecified atom stereocenters. The number of hydrogen-bond donors (Lipinski definition) is 3. The molecule has 2 rings (SSSR count). The summed E-state index contributed by atoms with van der Waals surface area (Å²) in [5.74, 6) is 5.79. The molecule has 16 heavy (non-hydrogen) atoms. The number of rotatable bonds is 4. The number of hydrogen-bond acceptors (Lipinski definition) is 4. The molecular weight excluding hydrogens is 209 g/mol. The van der Waals surface area contributed by atoms with Crippen LogP contribution in [0.1, 0.15) is 17.4 Å². The Balaban J connectivity index is 2.13. The largest absolute Gasteiger partial charge is 0.271 e. The van der Waals surface area contributed by atoms with Crippen molar-refractivity contribution in [2.24, 2.45) is 5.84 Å². The van der Waals surface area contributed by atoms with Gasteiger partial charge >= 0.3 is 0 Å². The summed E-state index contributed by atoms with van der Waals surface area (Å²) in [5.41, 5.74) is 3.46. The summed E-state index contributed by atoms with van der Waals surface area (Å²) in [4.78, 5) is 4.00. The molecule has 1 heterocycles. The normalized spacial score (nSPS) is 12.6. The monoisotopic (exact) mass is 221 g/mol. The lowest BCUT2D eigenvalue weighted by atomic mass is 10.1. The second-order valence-corrected chi connectivity index (χ2v) is 3.42. The lowest BCUT2D eigenvalue weighted by Crippen LogP contribution is -2.30. The maximum atomic E-state index is 13.0. The molecule has 0 aliphatic carbocycles. The quantitative estimate of drug-likeness (QED) is 0.524. The molecule has 1 atom stereocenters. The summed E-state index contributed by atoms with van der Waals surface area (Å²) in [5, 5.41) is 6.47. The molecule has 1 aromatic carbocycles. The summed E-state index contributed by atoms with van der Waals surface area (Å²) < 4.78 is 13.0. The minimum absolute atomic E-state index is 0.204. The number of nitrogens with one attached hydrogen (secondary N) is 2. The maximum absolute atomic E-state index is 13.0. The van der Waals surface area contributed by atoms with E-state index < -0.39 is 0 Å². The van der Waals surface area contributed by atoms with E-state index in [0.717, 1.165) is 5.56 Å². The predicted molar refractivity (Wildman–Crippen MR) is 56.6 cm³/mol. The Labute approximate surface area is 91.9 Å². The Hall–Kier alpha value is -1.79. The molecule has 6 heteroatoms. The van der Waals surface area contributed by atoms with E-state index in [1.165, 1.54) is 18.5 Å². The fourth-order valence-electron chi connectivity index (χ4n) is 1.52. The zero-order valence-corrected chi connectivity index (χ0v) is 8.52. The average Bonchev–Trinajstić information content (AvgIpc) is 2.79. The fraction of sp³-hybridized carbons (Fsp3) is 0.200. The highest BCUT2D eigenvalue weighted by Crippen LogP contribution is 2.14. The van der Waals surface area contributed by atoms with Crippen molar-refractivity contribution in [2.45, 2.75) is 12.5 Å². The number of aromatic nitrogens is 3. The third kappa shape index (κ3) is 2.41. The molecule has 4 N–H and O–H groups in total. The predicted octanol–water partition coefficient (Wildman–Crippen LogP) is 0.691. The van der Waals surface area contributed by atoms with Crippen LogP contribution >= 0.6 is 0 Å². The highest BCUT2D eigenvalue weighted by molar-refractivity contribution is 5.18.